The molecule has 0 saturated heterocycles. The van der Waals surface area contributed by atoms with E-state index in [0.29, 0.717) is 6.54 Å². The fraction of sp³-hybridized carbons (Fsp3) is 0.667. The smallest absolute Gasteiger partial charge is 0.329 e. The Bertz CT molecular complexity index is 474. The molecule has 0 aromatic carbocycles. The number of rotatable bonds is 7. The van der Waals surface area contributed by atoms with Gasteiger partial charge >= 0.3 is 5.69 Å². The van der Waals surface area contributed by atoms with Crippen molar-refractivity contribution in [2.24, 2.45) is 5.73 Å². The van der Waals surface area contributed by atoms with Gasteiger partial charge in [-0.15, -0.1) is 0 Å². The second kappa shape index (κ2) is 7.13. The Kier molecular flexibility index (Phi) is 5.80. The normalized spacial score (nSPS) is 11.1. The summed E-state index contributed by atoms with van der Waals surface area (Å²) in [5.74, 6) is 0. The lowest BCUT2D eigenvalue weighted by molar-refractivity contribution is 0.287. The highest BCUT2D eigenvalue weighted by Gasteiger charge is 2.05. The third-order valence-corrected chi connectivity index (χ3v) is 3.04. The van der Waals surface area contributed by atoms with Crippen molar-refractivity contribution >= 4 is 0 Å². The predicted octanol–water partition coefficient (Wildman–Crippen LogP) is -0.689. The Morgan fingerprint density at radius 2 is 1.89 bits per heavy atom. The average molecular weight is 254 g/mol. The molecule has 0 aliphatic heterocycles. The van der Waals surface area contributed by atoms with E-state index in [1.165, 1.54) is 10.6 Å². The van der Waals surface area contributed by atoms with Crippen molar-refractivity contribution < 1.29 is 0 Å². The number of aromatic nitrogens is 2. The van der Waals surface area contributed by atoms with Crippen LogP contribution in [0.25, 0.3) is 0 Å². The molecular formula is C12H22N4O2. The van der Waals surface area contributed by atoms with Crippen molar-refractivity contribution in [2.75, 3.05) is 26.2 Å². The zero-order chi connectivity index (χ0) is 13.5. The molecule has 0 bridgehead atoms. The molecule has 2 N–H and O–H groups in total. The predicted molar refractivity (Wildman–Crippen MR) is 71.8 cm³/mol. The summed E-state index contributed by atoms with van der Waals surface area (Å²) in [5.41, 5.74) is 4.83. The standard InChI is InChI=1S/C12H22N4O2/c1-3-14(4-2)9-10-15-7-5-11(17)16(8-6-13)12(15)18/h5,7H,3-4,6,8-10,13H2,1-2H3. The maximum atomic E-state index is 12.0. The number of nitrogens with two attached hydrogens (primary N) is 1. The van der Waals surface area contributed by atoms with Crippen LogP contribution in [-0.2, 0) is 13.1 Å². The van der Waals surface area contributed by atoms with Crippen LogP contribution in [0.5, 0.6) is 0 Å². The molecule has 18 heavy (non-hydrogen) atoms. The first-order valence-electron chi connectivity index (χ1n) is 6.36. The van der Waals surface area contributed by atoms with E-state index in [1.54, 1.807) is 10.8 Å². The molecule has 0 aliphatic carbocycles. The minimum atomic E-state index is -0.287. The first kappa shape index (κ1) is 14.7. The largest absolute Gasteiger partial charge is 0.331 e. The molecule has 0 atom stereocenters. The highest BCUT2D eigenvalue weighted by atomic mass is 16.2. The van der Waals surface area contributed by atoms with Gasteiger partial charge in [-0.05, 0) is 13.1 Å². The van der Waals surface area contributed by atoms with Gasteiger partial charge in [-0.3, -0.25) is 13.9 Å². The fourth-order valence-corrected chi connectivity index (χ4v) is 1.85. The van der Waals surface area contributed by atoms with Crippen LogP contribution in [0.15, 0.2) is 21.9 Å². The van der Waals surface area contributed by atoms with Crippen molar-refractivity contribution in [3.05, 3.63) is 33.1 Å². The Morgan fingerprint density at radius 3 is 2.44 bits per heavy atom. The van der Waals surface area contributed by atoms with Gasteiger partial charge in [0.25, 0.3) is 5.56 Å². The molecule has 1 rings (SSSR count). The lowest BCUT2D eigenvalue weighted by atomic mass is 10.4. The van der Waals surface area contributed by atoms with Gasteiger partial charge in [0.05, 0.1) is 0 Å². The highest BCUT2D eigenvalue weighted by Crippen LogP contribution is 1.88. The first-order chi connectivity index (χ1) is 8.63. The van der Waals surface area contributed by atoms with Crippen LogP contribution in [0, 0.1) is 0 Å². The van der Waals surface area contributed by atoms with E-state index < -0.39 is 0 Å². The van der Waals surface area contributed by atoms with Crippen LogP contribution in [0.2, 0.25) is 0 Å². The van der Waals surface area contributed by atoms with E-state index in [4.69, 9.17) is 5.73 Å². The summed E-state index contributed by atoms with van der Waals surface area (Å²) in [4.78, 5) is 25.8. The second-order valence-corrected chi connectivity index (χ2v) is 4.10. The average Bonchev–Trinajstić information content (AvgIpc) is 2.38. The number of hydrogen-bond acceptors (Lipinski definition) is 4. The third kappa shape index (κ3) is 3.54. The van der Waals surface area contributed by atoms with Crippen molar-refractivity contribution in [3.8, 4) is 0 Å². The van der Waals surface area contributed by atoms with Crippen LogP contribution >= 0.6 is 0 Å². The molecule has 0 fully saturated rings. The Balaban J connectivity index is 2.87. The van der Waals surface area contributed by atoms with Crippen molar-refractivity contribution in [1.82, 2.24) is 14.0 Å². The lowest BCUT2D eigenvalue weighted by Gasteiger charge is -2.18. The molecule has 0 radical (unpaired) electrons. The lowest BCUT2D eigenvalue weighted by Crippen LogP contribution is -2.42. The van der Waals surface area contributed by atoms with E-state index in [2.05, 4.69) is 18.7 Å². The van der Waals surface area contributed by atoms with Gasteiger partial charge in [-0.25, -0.2) is 4.79 Å². The van der Waals surface area contributed by atoms with E-state index in [-0.39, 0.29) is 24.3 Å². The van der Waals surface area contributed by atoms with Gasteiger partial charge in [0.15, 0.2) is 0 Å². The van der Waals surface area contributed by atoms with Gasteiger partial charge in [-0.2, -0.15) is 0 Å². The molecule has 0 unspecified atom stereocenters. The molecule has 0 spiro atoms. The summed E-state index contributed by atoms with van der Waals surface area (Å²) in [6.45, 7) is 8.02. The van der Waals surface area contributed by atoms with Crippen LogP contribution in [0.3, 0.4) is 0 Å². The summed E-state index contributed by atoms with van der Waals surface area (Å²) in [7, 11) is 0. The Morgan fingerprint density at radius 1 is 1.22 bits per heavy atom. The van der Waals surface area contributed by atoms with Gasteiger partial charge in [0, 0.05) is 38.4 Å². The zero-order valence-electron chi connectivity index (χ0n) is 11.1. The SMILES string of the molecule is CCN(CC)CCn1ccc(=O)n(CCN)c1=O. The molecule has 102 valence electrons. The monoisotopic (exact) mass is 254 g/mol. The van der Waals surface area contributed by atoms with E-state index in [0.717, 1.165) is 19.6 Å². The Labute approximate surface area is 107 Å². The van der Waals surface area contributed by atoms with Gasteiger partial charge in [0.1, 0.15) is 0 Å². The van der Waals surface area contributed by atoms with Gasteiger partial charge in [-0.1, -0.05) is 13.8 Å². The molecular weight excluding hydrogens is 232 g/mol. The van der Waals surface area contributed by atoms with Crippen LogP contribution < -0.4 is 17.0 Å². The fourth-order valence-electron chi connectivity index (χ4n) is 1.85. The summed E-state index contributed by atoms with van der Waals surface area (Å²) >= 11 is 0. The summed E-state index contributed by atoms with van der Waals surface area (Å²) < 4.78 is 2.75. The molecule has 1 heterocycles. The Hall–Kier alpha value is -1.40. The van der Waals surface area contributed by atoms with Gasteiger partial charge < -0.3 is 10.6 Å². The summed E-state index contributed by atoms with van der Waals surface area (Å²) in [5, 5.41) is 0. The third-order valence-electron chi connectivity index (χ3n) is 3.04. The van der Waals surface area contributed by atoms with Crippen LogP contribution in [0.1, 0.15) is 13.8 Å². The summed E-state index contributed by atoms with van der Waals surface area (Å²) in [6.07, 6.45) is 1.56. The minimum absolute atomic E-state index is 0.268. The van der Waals surface area contributed by atoms with Crippen LogP contribution in [0.4, 0.5) is 0 Å². The van der Waals surface area contributed by atoms with Crippen molar-refractivity contribution in [3.63, 3.8) is 0 Å². The van der Waals surface area contributed by atoms with E-state index in [1.807, 2.05) is 0 Å². The molecule has 0 saturated carbocycles. The maximum absolute atomic E-state index is 12.0. The first-order valence-corrected chi connectivity index (χ1v) is 6.36. The molecule has 6 heteroatoms. The van der Waals surface area contributed by atoms with Gasteiger partial charge in [0.2, 0.25) is 0 Å². The van der Waals surface area contributed by atoms with Crippen LogP contribution in [-0.4, -0.2) is 40.2 Å². The number of nitrogens with zero attached hydrogens (tertiary/aromatic N) is 3. The van der Waals surface area contributed by atoms with Crippen molar-refractivity contribution in [1.29, 1.82) is 0 Å². The summed E-state index contributed by atoms with van der Waals surface area (Å²) in [6, 6.07) is 1.42. The molecule has 6 nitrogen and oxygen atoms in total. The molecule has 1 aromatic heterocycles. The van der Waals surface area contributed by atoms with E-state index >= 15 is 0 Å². The zero-order valence-corrected chi connectivity index (χ0v) is 11.1. The number of likely N-dealkylation sites (N-methyl/N-ethyl adjacent to an activating group) is 1. The number of hydrogen-bond donors (Lipinski definition) is 1. The highest BCUT2D eigenvalue weighted by molar-refractivity contribution is 4.86. The molecule has 0 amide bonds. The second-order valence-electron chi connectivity index (χ2n) is 4.10. The molecule has 1 aromatic rings. The quantitative estimate of drug-likeness (QED) is 0.699. The molecule has 0 aliphatic rings. The maximum Gasteiger partial charge on any atom is 0.331 e. The van der Waals surface area contributed by atoms with E-state index in [9.17, 15) is 9.59 Å². The van der Waals surface area contributed by atoms with Crippen molar-refractivity contribution in [2.45, 2.75) is 26.9 Å². The minimum Gasteiger partial charge on any atom is -0.329 e. The topological polar surface area (TPSA) is 73.3 Å².